The zero-order chi connectivity index (χ0) is 22.4. The number of ether oxygens (including phenoxy) is 1. The highest BCUT2D eigenvalue weighted by atomic mass is 19.4. The minimum Gasteiger partial charge on any atom is -0.473 e. The van der Waals surface area contributed by atoms with E-state index in [-0.39, 0.29) is 30.5 Å². The molecule has 1 aromatic carbocycles. The quantitative estimate of drug-likeness (QED) is 0.501. The second-order valence-corrected chi connectivity index (χ2v) is 5.24. The van der Waals surface area contributed by atoms with Crippen molar-refractivity contribution in [3.8, 4) is 0 Å². The van der Waals surface area contributed by atoms with E-state index in [1.807, 2.05) is 0 Å². The Hall–Kier alpha value is -2.12. The first kappa shape index (κ1) is 23.9. The molecule has 0 bridgehead atoms. The maximum Gasteiger partial charge on any atom is 0.442 e. The molecule has 0 aliphatic carbocycles. The van der Waals surface area contributed by atoms with Gasteiger partial charge in [0.25, 0.3) is 5.60 Å². The molecule has 28 heavy (non-hydrogen) atoms. The summed E-state index contributed by atoms with van der Waals surface area (Å²) in [6.07, 6.45) is -25.5. The van der Waals surface area contributed by atoms with Crippen LogP contribution < -0.4 is 0 Å². The number of alkyl halides is 12. The number of hydrogen-bond donors (Lipinski definition) is 1. The van der Waals surface area contributed by atoms with E-state index in [0.29, 0.717) is 0 Å². The Labute approximate surface area is 148 Å². The van der Waals surface area contributed by atoms with Gasteiger partial charge in [-0.25, -0.2) is 0 Å². The third kappa shape index (κ3) is 3.49. The molecule has 160 valence electrons. The smallest absolute Gasteiger partial charge is 0.442 e. The Morgan fingerprint density at radius 2 is 0.964 bits per heavy atom. The van der Waals surface area contributed by atoms with Crippen LogP contribution in [0.1, 0.15) is 11.1 Å². The normalized spacial score (nSPS) is 14.8. The fraction of sp³-hybridized carbons (Fsp3) is 0.429. The van der Waals surface area contributed by atoms with E-state index < -0.39 is 47.0 Å². The maximum absolute atomic E-state index is 13.2. The molecule has 0 unspecified atom stereocenters. The average Bonchev–Trinajstić information content (AvgIpc) is 2.47. The minimum atomic E-state index is -6.38. The third-order valence-corrected chi connectivity index (χ3v) is 3.59. The van der Waals surface area contributed by atoms with E-state index in [2.05, 4.69) is 11.3 Å². The molecule has 0 amide bonds. The SMILES string of the molecule is C=COC(c1ccc(C(O)(C(F)(F)F)C(F)(F)F)cc1)(C(F)(F)F)C(F)(F)F. The van der Waals surface area contributed by atoms with E-state index in [4.69, 9.17) is 5.11 Å². The van der Waals surface area contributed by atoms with Gasteiger partial charge in [-0.3, -0.25) is 0 Å². The van der Waals surface area contributed by atoms with Crippen molar-refractivity contribution >= 4 is 0 Å². The number of hydrogen-bond acceptors (Lipinski definition) is 2. The van der Waals surface area contributed by atoms with Crippen molar-refractivity contribution in [2.75, 3.05) is 0 Å². The zero-order valence-corrected chi connectivity index (χ0v) is 13.0. The molecule has 0 heterocycles. The average molecular weight is 436 g/mol. The summed E-state index contributed by atoms with van der Waals surface area (Å²) in [5, 5.41) is 9.13. The molecule has 0 aliphatic heterocycles. The van der Waals surface area contributed by atoms with Crippen molar-refractivity contribution in [3.63, 3.8) is 0 Å². The summed E-state index contributed by atoms with van der Waals surface area (Å²) in [6.45, 7) is 2.56. The van der Waals surface area contributed by atoms with Crippen molar-refractivity contribution in [2.24, 2.45) is 0 Å². The van der Waals surface area contributed by atoms with Crippen LogP contribution in [0, 0.1) is 0 Å². The maximum atomic E-state index is 13.2. The Balaban J connectivity index is 3.74. The molecule has 0 saturated carbocycles. The van der Waals surface area contributed by atoms with Crippen LogP contribution in [-0.4, -0.2) is 29.8 Å². The highest BCUT2D eigenvalue weighted by molar-refractivity contribution is 5.35. The van der Waals surface area contributed by atoms with Gasteiger partial charge in [-0.15, -0.1) is 0 Å². The van der Waals surface area contributed by atoms with Crippen LogP contribution in [0.3, 0.4) is 0 Å². The molecule has 2 nitrogen and oxygen atoms in total. The van der Waals surface area contributed by atoms with Gasteiger partial charge in [-0.2, -0.15) is 52.7 Å². The number of aliphatic hydroxyl groups is 1. The van der Waals surface area contributed by atoms with Crippen molar-refractivity contribution in [3.05, 3.63) is 48.2 Å². The summed E-state index contributed by atoms with van der Waals surface area (Å²) in [4.78, 5) is 0. The summed E-state index contributed by atoms with van der Waals surface area (Å²) in [7, 11) is 0. The molecule has 0 spiro atoms. The van der Waals surface area contributed by atoms with Crippen LogP contribution in [0.25, 0.3) is 0 Å². The fourth-order valence-electron chi connectivity index (χ4n) is 2.25. The first-order chi connectivity index (χ1) is 12.3. The molecule has 0 atom stereocenters. The molecule has 1 aromatic rings. The van der Waals surface area contributed by atoms with Crippen LogP contribution in [-0.2, 0) is 15.9 Å². The van der Waals surface area contributed by atoms with Gasteiger partial charge in [0.2, 0.25) is 0 Å². The van der Waals surface area contributed by atoms with E-state index >= 15 is 0 Å². The summed E-state index contributed by atoms with van der Waals surface area (Å²) in [5.74, 6) is 0. The molecular formula is C14H8F12O2. The lowest BCUT2D eigenvalue weighted by atomic mass is 9.87. The Bertz CT molecular complexity index is 665. The molecule has 0 aliphatic rings. The first-order valence-corrected chi connectivity index (χ1v) is 6.66. The number of halogens is 12. The van der Waals surface area contributed by atoms with Crippen LogP contribution in [0.4, 0.5) is 52.7 Å². The Morgan fingerprint density at radius 3 is 1.21 bits per heavy atom. The summed E-state index contributed by atoms with van der Waals surface area (Å²) < 4.78 is 159. The molecule has 0 aromatic heterocycles. The first-order valence-electron chi connectivity index (χ1n) is 6.66. The number of rotatable bonds is 4. The Kier molecular flexibility index (Phi) is 5.76. The highest BCUT2D eigenvalue weighted by Gasteiger charge is 2.75. The molecule has 0 saturated heterocycles. The third-order valence-electron chi connectivity index (χ3n) is 3.59. The van der Waals surface area contributed by atoms with E-state index in [9.17, 15) is 52.7 Å². The van der Waals surface area contributed by atoms with E-state index in [1.54, 1.807) is 0 Å². The van der Waals surface area contributed by atoms with Crippen LogP contribution in [0.5, 0.6) is 0 Å². The van der Waals surface area contributed by atoms with Crippen molar-refractivity contribution in [1.82, 2.24) is 0 Å². The second kappa shape index (κ2) is 6.74. The standard InChI is InChI=1S/C14H8F12O2/c1-2-28-10(13(21,22)23,14(24,25)26)8-5-3-7(4-6-8)9(27,11(15,16)17)12(18,19)20/h2-6,27H,1H2. The van der Waals surface area contributed by atoms with Crippen LogP contribution in [0.15, 0.2) is 37.1 Å². The van der Waals surface area contributed by atoms with Crippen LogP contribution in [0.2, 0.25) is 0 Å². The lowest BCUT2D eigenvalue weighted by molar-refractivity contribution is -0.378. The highest BCUT2D eigenvalue weighted by Crippen LogP contribution is 2.54. The summed E-state index contributed by atoms with van der Waals surface area (Å²) in [6, 6.07) is -1.37. The largest absolute Gasteiger partial charge is 0.473 e. The number of benzene rings is 1. The van der Waals surface area contributed by atoms with Gasteiger partial charge in [0.1, 0.15) is 0 Å². The lowest BCUT2D eigenvalue weighted by Gasteiger charge is -2.37. The molecular weight excluding hydrogens is 428 g/mol. The summed E-state index contributed by atoms with van der Waals surface area (Å²) in [5.41, 5.74) is -14.6. The monoisotopic (exact) mass is 436 g/mol. The molecule has 1 rings (SSSR count). The van der Waals surface area contributed by atoms with Gasteiger partial charge in [0.15, 0.2) is 0 Å². The van der Waals surface area contributed by atoms with E-state index in [1.165, 1.54) is 0 Å². The minimum absolute atomic E-state index is 0.239. The van der Waals surface area contributed by atoms with Gasteiger partial charge < -0.3 is 9.84 Å². The Morgan fingerprint density at radius 1 is 0.643 bits per heavy atom. The fourth-order valence-corrected chi connectivity index (χ4v) is 2.25. The van der Waals surface area contributed by atoms with Gasteiger partial charge in [-0.05, 0) is 0 Å². The van der Waals surface area contributed by atoms with Gasteiger partial charge in [-0.1, -0.05) is 30.8 Å². The second-order valence-electron chi connectivity index (χ2n) is 5.24. The topological polar surface area (TPSA) is 29.5 Å². The van der Waals surface area contributed by atoms with Gasteiger partial charge in [0.05, 0.1) is 6.26 Å². The zero-order valence-electron chi connectivity index (χ0n) is 13.0. The van der Waals surface area contributed by atoms with Crippen molar-refractivity contribution in [2.45, 2.75) is 35.9 Å². The van der Waals surface area contributed by atoms with E-state index in [0.717, 1.165) is 0 Å². The van der Waals surface area contributed by atoms with Crippen molar-refractivity contribution in [1.29, 1.82) is 0 Å². The summed E-state index contributed by atoms with van der Waals surface area (Å²) >= 11 is 0. The molecule has 14 heteroatoms. The van der Waals surface area contributed by atoms with Crippen molar-refractivity contribution < 1.29 is 62.5 Å². The molecule has 0 fully saturated rings. The molecule has 1 N–H and O–H groups in total. The molecule has 0 radical (unpaired) electrons. The van der Waals surface area contributed by atoms with Gasteiger partial charge >= 0.3 is 30.3 Å². The lowest BCUT2D eigenvalue weighted by Crippen LogP contribution is -2.55. The predicted molar refractivity (Wildman–Crippen MR) is 67.5 cm³/mol. The predicted octanol–water partition coefficient (Wildman–Crippen LogP) is 5.48. The van der Waals surface area contributed by atoms with Gasteiger partial charge in [0, 0.05) is 11.1 Å². The van der Waals surface area contributed by atoms with Crippen LogP contribution >= 0.6 is 0 Å².